The predicted molar refractivity (Wildman–Crippen MR) is 68.8 cm³/mol. The van der Waals surface area contributed by atoms with E-state index >= 15 is 0 Å². The van der Waals surface area contributed by atoms with Gasteiger partial charge in [-0.2, -0.15) is 4.39 Å². The second kappa shape index (κ2) is 7.31. The third-order valence-electron chi connectivity index (χ3n) is 2.89. The third kappa shape index (κ3) is 3.95. The quantitative estimate of drug-likeness (QED) is 0.807. The third-order valence-corrected chi connectivity index (χ3v) is 2.89. The maximum atomic E-state index is 13.5. The van der Waals surface area contributed by atoms with Crippen molar-refractivity contribution in [1.82, 2.24) is 5.32 Å². The van der Waals surface area contributed by atoms with Crippen molar-refractivity contribution in [1.29, 1.82) is 0 Å². The summed E-state index contributed by atoms with van der Waals surface area (Å²) in [6, 6.07) is 4.11. The lowest BCUT2D eigenvalue weighted by atomic mass is 10.1. The van der Waals surface area contributed by atoms with Gasteiger partial charge in [0.1, 0.15) is 6.10 Å². The Morgan fingerprint density at radius 2 is 2.00 bits per heavy atom. The molecule has 4 heteroatoms. The van der Waals surface area contributed by atoms with E-state index in [0.29, 0.717) is 0 Å². The first kappa shape index (κ1) is 14.9. The van der Waals surface area contributed by atoms with Gasteiger partial charge >= 0.3 is 0 Å². The molecule has 0 spiro atoms. The van der Waals surface area contributed by atoms with E-state index in [-0.39, 0.29) is 17.9 Å². The summed E-state index contributed by atoms with van der Waals surface area (Å²) in [5.41, 5.74) is 0. The first-order valence-electron chi connectivity index (χ1n) is 6.44. The second-order valence-electron chi connectivity index (χ2n) is 4.34. The molecule has 1 aromatic rings. The zero-order valence-corrected chi connectivity index (χ0v) is 11.2. The van der Waals surface area contributed by atoms with Crippen LogP contribution in [0.1, 0.15) is 33.6 Å². The van der Waals surface area contributed by atoms with Crippen LogP contribution in [0, 0.1) is 11.6 Å². The smallest absolute Gasteiger partial charge is 0.200 e. The minimum absolute atomic E-state index is 0.0285. The lowest BCUT2D eigenvalue weighted by Crippen LogP contribution is -2.41. The molecule has 102 valence electrons. The van der Waals surface area contributed by atoms with E-state index in [1.54, 1.807) is 0 Å². The first-order chi connectivity index (χ1) is 8.60. The van der Waals surface area contributed by atoms with Gasteiger partial charge in [-0.1, -0.05) is 19.9 Å². The molecule has 0 radical (unpaired) electrons. The van der Waals surface area contributed by atoms with E-state index < -0.39 is 11.6 Å². The molecule has 1 rings (SSSR count). The van der Waals surface area contributed by atoms with Gasteiger partial charge in [0.2, 0.25) is 5.82 Å². The van der Waals surface area contributed by atoms with Gasteiger partial charge in [-0.25, -0.2) is 4.39 Å². The van der Waals surface area contributed by atoms with E-state index in [9.17, 15) is 8.78 Å². The predicted octanol–water partition coefficient (Wildman–Crippen LogP) is 3.51. The Morgan fingerprint density at radius 3 is 2.61 bits per heavy atom. The molecule has 1 aromatic carbocycles. The topological polar surface area (TPSA) is 21.3 Å². The second-order valence-corrected chi connectivity index (χ2v) is 4.34. The molecule has 0 saturated carbocycles. The highest BCUT2D eigenvalue weighted by atomic mass is 19.2. The molecule has 0 aromatic heterocycles. The van der Waals surface area contributed by atoms with E-state index in [1.165, 1.54) is 12.1 Å². The normalized spacial score (nSPS) is 14.3. The highest BCUT2D eigenvalue weighted by Crippen LogP contribution is 2.21. The highest BCUT2D eigenvalue weighted by molar-refractivity contribution is 5.25. The lowest BCUT2D eigenvalue weighted by Gasteiger charge is -2.25. The van der Waals surface area contributed by atoms with Gasteiger partial charge < -0.3 is 10.1 Å². The van der Waals surface area contributed by atoms with Crippen LogP contribution in [0.3, 0.4) is 0 Å². The Hall–Kier alpha value is -1.16. The van der Waals surface area contributed by atoms with E-state index in [0.717, 1.165) is 25.5 Å². The summed E-state index contributed by atoms with van der Waals surface area (Å²) >= 11 is 0. The number of ether oxygens (including phenoxy) is 1. The Balaban J connectivity index is 2.67. The average Bonchev–Trinajstić information content (AvgIpc) is 2.36. The number of hydrogen-bond donors (Lipinski definition) is 1. The number of nitrogens with one attached hydrogen (secondary N) is 1. The van der Waals surface area contributed by atoms with Gasteiger partial charge in [0.05, 0.1) is 0 Å². The molecule has 0 amide bonds. The summed E-state index contributed by atoms with van der Waals surface area (Å²) < 4.78 is 32.0. The largest absolute Gasteiger partial charge is 0.486 e. The molecule has 1 N–H and O–H groups in total. The van der Waals surface area contributed by atoms with Crippen molar-refractivity contribution in [3.8, 4) is 5.75 Å². The fourth-order valence-electron chi connectivity index (χ4n) is 1.83. The monoisotopic (exact) mass is 257 g/mol. The van der Waals surface area contributed by atoms with Gasteiger partial charge in [0.25, 0.3) is 0 Å². The summed E-state index contributed by atoms with van der Waals surface area (Å²) in [6.45, 7) is 6.87. The summed E-state index contributed by atoms with van der Waals surface area (Å²) in [5, 5.41) is 3.33. The minimum atomic E-state index is -0.922. The molecular weight excluding hydrogens is 236 g/mol. The van der Waals surface area contributed by atoms with Crippen LogP contribution in [0.2, 0.25) is 0 Å². The van der Waals surface area contributed by atoms with Crippen molar-refractivity contribution in [2.75, 3.05) is 6.54 Å². The van der Waals surface area contributed by atoms with Crippen molar-refractivity contribution in [3.05, 3.63) is 29.8 Å². The van der Waals surface area contributed by atoms with Crippen LogP contribution in [0.5, 0.6) is 5.75 Å². The summed E-state index contributed by atoms with van der Waals surface area (Å²) in [6.07, 6.45) is 1.69. The molecule has 18 heavy (non-hydrogen) atoms. The van der Waals surface area contributed by atoms with Crippen molar-refractivity contribution in [2.45, 2.75) is 45.8 Å². The maximum absolute atomic E-state index is 13.5. The molecule has 0 heterocycles. The maximum Gasteiger partial charge on any atom is 0.200 e. The summed E-state index contributed by atoms with van der Waals surface area (Å²) in [5.74, 6) is -1.83. The van der Waals surface area contributed by atoms with Crippen LogP contribution in [0.4, 0.5) is 8.78 Å². The Morgan fingerprint density at radius 1 is 1.28 bits per heavy atom. The van der Waals surface area contributed by atoms with Crippen LogP contribution in [0.15, 0.2) is 18.2 Å². The summed E-state index contributed by atoms with van der Waals surface area (Å²) in [7, 11) is 0. The lowest BCUT2D eigenvalue weighted by molar-refractivity contribution is 0.159. The standard InChI is InChI=1S/C14H21F2NO/c1-4-9-17-12(5-2)10(3)18-13-8-6-7-11(15)14(13)16/h6-8,10,12,17H,4-5,9H2,1-3H3. The first-order valence-corrected chi connectivity index (χ1v) is 6.44. The fourth-order valence-corrected chi connectivity index (χ4v) is 1.83. The van der Waals surface area contributed by atoms with Gasteiger partial charge in [0, 0.05) is 6.04 Å². The van der Waals surface area contributed by atoms with Crippen LogP contribution < -0.4 is 10.1 Å². The van der Waals surface area contributed by atoms with E-state index in [2.05, 4.69) is 12.2 Å². The van der Waals surface area contributed by atoms with Crippen LogP contribution in [-0.4, -0.2) is 18.7 Å². The number of halogens is 2. The molecule has 0 saturated heterocycles. The number of benzene rings is 1. The van der Waals surface area contributed by atoms with Gasteiger partial charge in [-0.15, -0.1) is 0 Å². The Labute approximate surface area is 107 Å². The Bertz CT molecular complexity index is 371. The van der Waals surface area contributed by atoms with E-state index in [4.69, 9.17) is 4.74 Å². The zero-order chi connectivity index (χ0) is 13.5. The van der Waals surface area contributed by atoms with Gasteiger partial charge in [-0.05, 0) is 38.4 Å². The Kier molecular flexibility index (Phi) is 6.05. The van der Waals surface area contributed by atoms with Gasteiger partial charge in [-0.3, -0.25) is 0 Å². The summed E-state index contributed by atoms with van der Waals surface area (Å²) in [4.78, 5) is 0. The number of hydrogen-bond acceptors (Lipinski definition) is 2. The molecule has 2 nitrogen and oxygen atoms in total. The van der Waals surface area contributed by atoms with Crippen molar-refractivity contribution >= 4 is 0 Å². The molecule has 0 aliphatic rings. The molecule has 0 aliphatic heterocycles. The van der Waals surface area contributed by atoms with Crippen molar-refractivity contribution < 1.29 is 13.5 Å². The number of rotatable bonds is 7. The SMILES string of the molecule is CCCNC(CC)C(C)Oc1cccc(F)c1F. The fraction of sp³-hybridized carbons (Fsp3) is 0.571. The molecule has 0 fully saturated rings. The van der Waals surface area contributed by atoms with Crippen LogP contribution >= 0.6 is 0 Å². The molecule has 2 unspecified atom stereocenters. The van der Waals surface area contributed by atoms with Gasteiger partial charge in [0.15, 0.2) is 11.6 Å². The molecular formula is C14H21F2NO. The highest BCUT2D eigenvalue weighted by Gasteiger charge is 2.18. The van der Waals surface area contributed by atoms with E-state index in [1.807, 2.05) is 13.8 Å². The average molecular weight is 257 g/mol. The van der Waals surface area contributed by atoms with Crippen molar-refractivity contribution in [3.63, 3.8) is 0 Å². The molecule has 2 atom stereocenters. The molecule has 0 bridgehead atoms. The van der Waals surface area contributed by atoms with Crippen LogP contribution in [0.25, 0.3) is 0 Å². The zero-order valence-electron chi connectivity index (χ0n) is 11.2. The minimum Gasteiger partial charge on any atom is -0.486 e. The van der Waals surface area contributed by atoms with Crippen LogP contribution in [-0.2, 0) is 0 Å². The molecule has 0 aliphatic carbocycles. The van der Waals surface area contributed by atoms with Crippen molar-refractivity contribution in [2.24, 2.45) is 0 Å².